The van der Waals surface area contributed by atoms with Crippen molar-refractivity contribution in [1.29, 1.82) is 0 Å². The van der Waals surface area contributed by atoms with Gasteiger partial charge in [-0.15, -0.1) is 0 Å². The molecule has 1 aromatic heterocycles. The number of carboxylic acids is 2. The van der Waals surface area contributed by atoms with E-state index in [1.54, 1.807) is 11.1 Å². The van der Waals surface area contributed by atoms with Gasteiger partial charge in [-0.25, -0.2) is 9.59 Å². The molecule has 0 unspecified atom stereocenters. The molecule has 37 heavy (non-hydrogen) atoms. The molecule has 2 heterocycles. The Labute approximate surface area is 216 Å². The van der Waals surface area contributed by atoms with Crippen molar-refractivity contribution >= 4 is 23.8 Å². The van der Waals surface area contributed by atoms with Gasteiger partial charge in [0.15, 0.2) is 0 Å². The monoisotopic (exact) mass is 510 g/mol. The average Bonchev–Trinajstić information content (AvgIpc) is 3.38. The van der Waals surface area contributed by atoms with Crippen molar-refractivity contribution in [2.75, 3.05) is 6.54 Å². The van der Waals surface area contributed by atoms with Gasteiger partial charge in [0, 0.05) is 37.0 Å². The SMILES string of the molecule is CC(C)[C@H](N)C(=O)N1CCC[C@H]1C(=O)N[C@@H](Cc1ccccn1)c1ccccc1.O=C(O)/C=C/C(=O)O. The molecule has 1 aliphatic rings. The van der Waals surface area contributed by atoms with Gasteiger partial charge in [-0.05, 0) is 36.5 Å². The number of carboxylic acid groups (broad SMARTS) is 2. The van der Waals surface area contributed by atoms with Crippen molar-refractivity contribution in [2.45, 2.75) is 51.2 Å². The van der Waals surface area contributed by atoms with Gasteiger partial charge in [0.1, 0.15) is 6.04 Å². The fraction of sp³-hybridized carbons (Fsp3) is 0.370. The molecule has 1 fully saturated rings. The second kappa shape index (κ2) is 14.5. The van der Waals surface area contributed by atoms with Gasteiger partial charge >= 0.3 is 11.9 Å². The van der Waals surface area contributed by atoms with Crippen LogP contribution >= 0.6 is 0 Å². The molecule has 5 N–H and O–H groups in total. The summed E-state index contributed by atoms with van der Waals surface area (Å²) in [5, 5.41) is 18.8. The largest absolute Gasteiger partial charge is 0.478 e. The van der Waals surface area contributed by atoms with Gasteiger partial charge in [0.05, 0.1) is 12.1 Å². The Hall–Kier alpha value is -4.05. The van der Waals surface area contributed by atoms with Crippen molar-refractivity contribution < 1.29 is 29.4 Å². The maximum Gasteiger partial charge on any atom is 0.328 e. The number of aliphatic carboxylic acids is 2. The van der Waals surface area contributed by atoms with E-state index in [1.807, 2.05) is 62.4 Å². The molecule has 10 nitrogen and oxygen atoms in total. The van der Waals surface area contributed by atoms with Crippen molar-refractivity contribution in [1.82, 2.24) is 15.2 Å². The molecule has 0 radical (unpaired) electrons. The van der Waals surface area contributed by atoms with Crippen LogP contribution in [0.1, 0.15) is 44.0 Å². The summed E-state index contributed by atoms with van der Waals surface area (Å²) in [6, 6.07) is 14.4. The Kier molecular flexibility index (Phi) is 11.4. The van der Waals surface area contributed by atoms with E-state index in [0.29, 0.717) is 31.5 Å². The topological polar surface area (TPSA) is 163 Å². The number of nitrogens with two attached hydrogens (primary N) is 1. The number of carbonyl (C=O) groups excluding carboxylic acids is 2. The van der Waals surface area contributed by atoms with E-state index in [2.05, 4.69) is 10.3 Å². The summed E-state index contributed by atoms with van der Waals surface area (Å²) in [7, 11) is 0. The van der Waals surface area contributed by atoms with Crippen molar-refractivity contribution in [3.8, 4) is 0 Å². The summed E-state index contributed by atoms with van der Waals surface area (Å²) in [6.45, 7) is 4.42. The zero-order valence-corrected chi connectivity index (χ0v) is 21.0. The first-order valence-electron chi connectivity index (χ1n) is 12.0. The predicted octanol–water partition coefficient (Wildman–Crippen LogP) is 2.17. The molecule has 1 aromatic carbocycles. The smallest absolute Gasteiger partial charge is 0.328 e. The van der Waals surface area contributed by atoms with Crippen LogP contribution in [0.2, 0.25) is 0 Å². The number of likely N-dealkylation sites (tertiary alicyclic amines) is 1. The van der Waals surface area contributed by atoms with E-state index >= 15 is 0 Å². The highest BCUT2D eigenvalue weighted by Crippen LogP contribution is 2.23. The molecule has 1 aliphatic heterocycles. The van der Waals surface area contributed by atoms with Crippen molar-refractivity contribution in [3.63, 3.8) is 0 Å². The molecule has 0 spiro atoms. The third-order valence-corrected chi connectivity index (χ3v) is 5.87. The molecule has 0 saturated carbocycles. The maximum atomic E-state index is 13.2. The van der Waals surface area contributed by atoms with Crippen molar-refractivity contribution in [3.05, 3.63) is 78.1 Å². The molecule has 3 rings (SSSR count). The first-order chi connectivity index (χ1) is 17.6. The van der Waals surface area contributed by atoms with Gasteiger partial charge in [-0.2, -0.15) is 0 Å². The molecular formula is C27H34N4O6. The van der Waals surface area contributed by atoms with Crippen LogP contribution in [0, 0.1) is 5.92 Å². The summed E-state index contributed by atoms with van der Waals surface area (Å²) < 4.78 is 0. The Morgan fingerprint density at radius 1 is 1.05 bits per heavy atom. The Bertz CT molecular complexity index is 1060. The highest BCUT2D eigenvalue weighted by atomic mass is 16.4. The van der Waals surface area contributed by atoms with Gasteiger partial charge < -0.3 is 26.2 Å². The number of benzene rings is 1. The summed E-state index contributed by atoms with van der Waals surface area (Å²) in [4.78, 5) is 51.1. The maximum absolute atomic E-state index is 13.2. The fourth-order valence-corrected chi connectivity index (χ4v) is 3.86. The molecule has 10 heteroatoms. The standard InChI is InChI=1S/C23H30N4O2.C4H4O4/c1-16(2)21(24)23(29)27-14-8-12-20(27)22(28)26-19(17-9-4-3-5-10-17)15-18-11-6-7-13-25-18;5-3(6)1-2-4(7)8/h3-7,9-11,13,16,19-21H,8,12,14-15,24H2,1-2H3,(H,26,28);1-2H,(H,5,6)(H,7,8)/b;2-1+/t19-,20-,21-;/m0./s1. The highest BCUT2D eigenvalue weighted by molar-refractivity contribution is 5.91. The van der Waals surface area contributed by atoms with Crippen LogP contribution in [0.4, 0.5) is 0 Å². The normalized spacial score (nSPS) is 16.5. The number of pyridine rings is 1. The van der Waals surface area contributed by atoms with E-state index in [-0.39, 0.29) is 23.8 Å². The van der Waals surface area contributed by atoms with Crippen LogP contribution in [0.15, 0.2) is 66.9 Å². The lowest BCUT2D eigenvalue weighted by Gasteiger charge is -2.29. The molecule has 2 aromatic rings. The molecular weight excluding hydrogens is 476 g/mol. The second-order valence-corrected chi connectivity index (χ2v) is 8.97. The number of nitrogens with one attached hydrogen (secondary N) is 1. The number of hydrogen-bond donors (Lipinski definition) is 4. The lowest BCUT2D eigenvalue weighted by Crippen LogP contribution is -2.53. The number of nitrogens with zero attached hydrogens (tertiary/aromatic N) is 2. The van der Waals surface area contributed by atoms with Crippen LogP contribution in [-0.2, 0) is 25.6 Å². The molecule has 0 aliphatic carbocycles. The lowest BCUT2D eigenvalue weighted by molar-refractivity contribution is -0.140. The van der Waals surface area contributed by atoms with Crippen LogP contribution in [0.3, 0.4) is 0 Å². The quantitative estimate of drug-likeness (QED) is 0.373. The third kappa shape index (κ3) is 9.49. The summed E-state index contributed by atoms with van der Waals surface area (Å²) in [5.41, 5.74) is 7.99. The van der Waals surface area contributed by atoms with E-state index in [9.17, 15) is 19.2 Å². The van der Waals surface area contributed by atoms with E-state index in [4.69, 9.17) is 15.9 Å². The Morgan fingerprint density at radius 2 is 1.68 bits per heavy atom. The van der Waals surface area contributed by atoms with Crippen LogP contribution in [-0.4, -0.2) is 62.5 Å². The first kappa shape index (κ1) is 29.2. The molecule has 0 bridgehead atoms. The van der Waals surface area contributed by atoms with E-state index < -0.39 is 24.0 Å². The van der Waals surface area contributed by atoms with Gasteiger partial charge in [-0.3, -0.25) is 14.6 Å². The minimum Gasteiger partial charge on any atom is -0.478 e. The van der Waals surface area contributed by atoms with Gasteiger partial charge in [0.2, 0.25) is 11.8 Å². The van der Waals surface area contributed by atoms with E-state index in [0.717, 1.165) is 17.7 Å². The second-order valence-electron chi connectivity index (χ2n) is 8.97. The number of rotatable bonds is 9. The Balaban J connectivity index is 0.000000521. The average molecular weight is 511 g/mol. The first-order valence-corrected chi connectivity index (χ1v) is 12.0. The zero-order chi connectivity index (χ0) is 27.4. The summed E-state index contributed by atoms with van der Waals surface area (Å²) in [5.74, 6) is -2.75. The van der Waals surface area contributed by atoms with Gasteiger partial charge in [-0.1, -0.05) is 50.2 Å². The summed E-state index contributed by atoms with van der Waals surface area (Å²) in [6.07, 6.45) is 4.93. The van der Waals surface area contributed by atoms with Gasteiger partial charge in [0.25, 0.3) is 0 Å². The fourth-order valence-electron chi connectivity index (χ4n) is 3.86. The third-order valence-electron chi connectivity index (χ3n) is 5.87. The van der Waals surface area contributed by atoms with Crippen molar-refractivity contribution in [2.24, 2.45) is 11.7 Å². The molecule has 198 valence electrons. The Morgan fingerprint density at radius 3 is 2.22 bits per heavy atom. The zero-order valence-electron chi connectivity index (χ0n) is 21.0. The number of aromatic nitrogens is 1. The molecule has 1 saturated heterocycles. The number of hydrogen-bond acceptors (Lipinski definition) is 6. The van der Waals surface area contributed by atoms with Crippen LogP contribution in [0.25, 0.3) is 0 Å². The summed E-state index contributed by atoms with van der Waals surface area (Å²) >= 11 is 0. The number of carbonyl (C=O) groups is 4. The minimum absolute atomic E-state index is 0.0352. The highest BCUT2D eigenvalue weighted by Gasteiger charge is 2.37. The van der Waals surface area contributed by atoms with Crippen LogP contribution in [0.5, 0.6) is 0 Å². The number of amides is 2. The minimum atomic E-state index is -1.26. The van der Waals surface area contributed by atoms with Crippen LogP contribution < -0.4 is 11.1 Å². The lowest BCUT2D eigenvalue weighted by atomic mass is 10.0. The molecule has 2 amide bonds. The predicted molar refractivity (Wildman–Crippen MR) is 137 cm³/mol. The molecule has 3 atom stereocenters. The van der Waals surface area contributed by atoms with E-state index in [1.165, 1.54) is 0 Å².